The fourth-order valence-corrected chi connectivity index (χ4v) is 4.14. The van der Waals surface area contributed by atoms with Crippen molar-refractivity contribution in [1.29, 1.82) is 0 Å². The Kier molecular flexibility index (Phi) is 6.85. The van der Waals surface area contributed by atoms with Crippen molar-refractivity contribution in [2.75, 3.05) is 15.9 Å². The molecule has 0 unspecified atom stereocenters. The van der Waals surface area contributed by atoms with E-state index in [0.29, 0.717) is 16.1 Å². The fraction of sp³-hybridized carbons (Fsp3) is 0.316. The molecule has 1 atom stereocenters. The molecule has 0 saturated carbocycles. The van der Waals surface area contributed by atoms with Crippen LogP contribution in [0.4, 0.5) is 24.5 Å². The molecule has 1 N–H and O–H groups in total. The molecule has 1 amide bonds. The maximum Gasteiger partial charge on any atom is 0.417 e. The van der Waals surface area contributed by atoms with Crippen LogP contribution in [0.1, 0.15) is 25.0 Å². The van der Waals surface area contributed by atoms with Gasteiger partial charge in [0.1, 0.15) is 6.04 Å². The van der Waals surface area contributed by atoms with Gasteiger partial charge in [0.25, 0.3) is 0 Å². The summed E-state index contributed by atoms with van der Waals surface area (Å²) in [7, 11) is -4.08. The van der Waals surface area contributed by atoms with Gasteiger partial charge in [-0.2, -0.15) is 13.2 Å². The van der Waals surface area contributed by atoms with Crippen molar-refractivity contribution in [3.05, 3.63) is 58.6 Å². The zero-order valence-corrected chi connectivity index (χ0v) is 17.5. The summed E-state index contributed by atoms with van der Waals surface area (Å²) in [6.07, 6.45) is -3.15. The number of carbonyl (C=O) groups is 1. The SMILES string of the molecule is CCc1ccc(NC(=O)[C@H](C)N(c2ccc(Cl)c(C(F)(F)F)c2)S(C)(=O)=O)cc1. The number of rotatable bonds is 6. The number of benzene rings is 2. The number of nitrogens with zero attached hydrogens (tertiary/aromatic N) is 1. The molecule has 2 rings (SSSR count). The van der Waals surface area contributed by atoms with Gasteiger partial charge in [-0.15, -0.1) is 0 Å². The molecule has 158 valence electrons. The Hall–Kier alpha value is -2.26. The van der Waals surface area contributed by atoms with E-state index in [1.54, 1.807) is 12.1 Å². The second-order valence-corrected chi connectivity index (χ2v) is 8.70. The van der Waals surface area contributed by atoms with Crippen LogP contribution in [0.15, 0.2) is 42.5 Å². The Morgan fingerprint density at radius 1 is 1.17 bits per heavy atom. The second-order valence-electron chi connectivity index (χ2n) is 6.44. The number of hydrogen-bond donors (Lipinski definition) is 1. The lowest BCUT2D eigenvalue weighted by molar-refractivity contribution is -0.137. The molecule has 0 aliphatic rings. The van der Waals surface area contributed by atoms with Crippen LogP contribution in [-0.2, 0) is 27.4 Å². The summed E-state index contributed by atoms with van der Waals surface area (Å²) < 4.78 is 64.7. The first-order chi connectivity index (χ1) is 13.3. The second kappa shape index (κ2) is 8.62. The molecule has 10 heteroatoms. The molecule has 0 fully saturated rings. The Labute approximate surface area is 172 Å². The first-order valence-corrected chi connectivity index (χ1v) is 10.8. The van der Waals surface area contributed by atoms with Crippen LogP contribution in [0, 0.1) is 0 Å². The average Bonchev–Trinajstić information content (AvgIpc) is 2.61. The van der Waals surface area contributed by atoms with Crippen LogP contribution in [0.2, 0.25) is 5.02 Å². The minimum absolute atomic E-state index is 0.312. The Bertz CT molecular complexity index is 993. The van der Waals surface area contributed by atoms with E-state index >= 15 is 0 Å². The minimum atomic E-state index is -4.78. The summed E-state index contributed by atoms with van der Waals surface area (Å²) in [5, 5.41) is 2.01. The maximum atomic E-state index is 13.2. The van der Waals surface area contributed by atoms with Crippen molar-refractivity contribution in [2.24, 2.45) is 0 Å². The number of nitrogens with one attached hydrogen (secondary N) is 1. The lowest BCUT2D eigenvalue weighted by Crippen LogP contribution is -2.45. The van der Waals surface area contributed by atoms with Crippen molar-refractivity contribution < 1.29 is 26.4 Å². The maximum absolute atomic E-state index is 13.2. The van der Waals surface area contributed by atoms with Crippen LogP contribution in [0.5, 0.6) is 0 Å². The summed E-state index contributed by atoms with van der Waals surface area (Å²) in [5.74, 6) is -0.691. The first-order valence-electron chi connectivity index (χ1n) is 8.60. The number of amides is 1. The monoisotopic (exact) mass is 448 g/mol. The van der Waals surface area contributed by atoms with E-state index in [2.05, 4.69) is 5.32 Å². The lowest BCUT2D eigenvalue weighted by atomic mass is 10.1. The molecule has 2 aromatic rings. The molecule has 0 radical (unpaired) electrons. The minimum Gasteiger partial charge on any atom is -0.324 e. The molecule has 2 aromatic carbocycles. The van der Waals surface area contributed by atoms with E-state index in [4.69, 9.17) is 11.6 Å². The summed E-state index contributed by atoms with van der Waals surface area (Å²) in [5.41, 5.74) is -0.00414. The van der Waals surface area contributed by atoms with Crippen molar-refractivity contribution in [3.63, 3.8) is 0 Å². The topological polar surface area (TPSA) is 66.5 Å². The number of anilines is 2. The zero-order chi connectivity index (χ0) is 22.0. The number of halogens is 4. The number of sulfonamides is 1. The van der Waals surface area contributed by atoms with Gasteiger partial charge in [0.05, 0.1) is 22.5 Å². The molecule has 0 bridgehead atoms. The van der Waals surface area contributed by atoms with Crippen LogP contribution in [0.3, 0.4) is 0 Å². The van der Waals surface area contributed by atoms with Gasteiger partial charge in [-0.25, -0.2) is 8.42 Å². The van der Waals surface area contributed by atoms with Crippen molar-refractivity contribution in [1.82, 2.24) is 0 Å². The third kappa shape index (κ3) is 5.63. The predicted octanol–water partition coefficient (Wildman–Crippen LogP) is 4.71. The van der Waals surface area contributed by atoms with E-state index in [1.165, 1.54) is 6.92 Å². The highest BCUT2D eigenvalue weighted by atomic mass is 35.5. The van der Waals surface area contributed by atoms with Crippen LogP contribution in [-0.4, -0.2) is 26.6 Å². The zero-order valence-electron chi connectivity index (χ0n) is 15.9. The molecule has 0 aromatic heterocycles. The molecule has 0 aliphatic heterocycles. The normalized spacial score (nSPS) is 13.1. The molecular formula is C19H20ClF3N2O3S. The highest BCUT2D eigenvalue weighted by Crippen LogP contribution is 2.37. The number of carbonyl (C=O) groups excluding carboxylic acids is 1. The Balaban J connectivity index is 2.38. The van der Waals surface area contributed by atoms with Gasteiger partial charge in [-0.05, 0) is 49.2 Å². The van der Waals surface area contributed by atoms with E-state index in [0.717, 1.165) is 30.4 Å². The van der Waals surface area contributed by atoms with E-state index in [9.17, 15) is 26.4 Å². The molecule has 29 heavy (non-hydrogen) atoms. The Morgan fingerprint density at radius 3 is 2.24 bits per heavy atom. The molecular weight excluding hydrogens is 429 g/mol. The molecule has 0 saturated heterocycles. The van der Waals surface area contributed by atoms with Gasteiger partial charge in [0.2, 0.25) is 15.9 Å². The molecule has 0 heterocycles. The lowest BCUT2D eigenvalue weighted by Gasteiger charge is -2.29. The summed E-state index contributed by atoms with van der Waals surface area (Å²) >= 11 is 5.61. The standard InChI is InChI=1S/C19H20ClF3N2O3S/c1-4-13-5-7-14(8-6-13)24-18(26)12(2)25(29(3,27)28)15-9-10-17(20)16(11-15)19(21,22)23/h5-12H,4H2,1-3H3,(H,24,26)/t12-/m0/s1. The highest BCUT2D eigenvalue weighted by molar-refractivity contribution is 7.92. The van der Waals surface area contributed by atoms with Crippen molar-refractivity contribution >= 4 is 38.9 Å². The largest absolute Gasteiger partial charge is 0.417 e. The van der Waals surface area contributed by atoms with E-state index < -0.39 is 38.7 Å². The number of hydrogen-bond acceptors (Lipinski definition) is 3. The summed E-state index contributed by atoms with van der Waals surface area (Å²) in [6, 6.07) is 8.33. The highest BCUT2D eigenvalue weighted by Gasteiger charge is 2.36. The van der Waals surface area contributed by atoms with Crippen molar-refractivity contribution in [2.45, 2.75) is 32.5 Å². The first kappa shape index (κ1) is 23.0. The Morgan fingerprint density at radius 2 is 1.76 bits per heavy atom. The fourth-order valence-electron chi connectivity index (χ4n) is 2.75. The summed E-state index contributed by atoms with van der Waals surface area (Å²) in [4.78, 5) is 12.6. The number of aryl methyl sites for hydroxylation is 1. The van der Waals surface area contributed by atoms with E-state index in [-0.39, 0.29) is 5.69 Å². The molecule has 0 spiro atoms. The van der Waals surface area contributed by atoms with Crippen LogP contribution >= 0.6 is 11.6 Å². The quantitative estimate of drug-likeness (QED) is 0.695. The number of alkyl halides is 3. The van der Waals surface area contributed by atoms with Crippen LogP contribution < -0.4 is 9.62 Å². The average molecular weight is 449 g/mol. The van der Waals surface area contributed by atoms with Gasteiger partial charge in [-0.3, -0.25) is 9.10 Å². The van der Waals surface area contributed by atoms with Gasteiger partial charge in [0, 0.05) is 5.69 Å². The smallest absolute Gasteiger partial charge is 0.324 e. The van der Waals surface area contributed by atoms with Gasteiger partial charge >= 0.3 is 6.18 Å². The summed E-state index contributed by atoms with van der Waals surface area (Å²) in [6.45, 7) is 3.26. The van der Waals surface area contributed by atoms with Gasteiger partial charge in [-0.1, -0.05) is 30.7 Å². The predicted molar refractivity (Wildman–Crippen MR) is 108 cm³/mol. The van der Waals surface area contributed by atoms with Gasteiger partial charge in [0.15, 0.2) is 0 Å². The van der Waals surface area contributed by atoms with E-state index in [1.807, 2.05) is 19.1 Å². The van der Waals surface area contributed by atoms with Gasteiger partial charge < -0.3 is 5.32 Å². The van der Waals surface area contributed by atoms with Crippen molar-refractivity contribution in [3.8, 4) is 0 Å². The van der Waals surface area contributed by atoms with Crippen LogP contribution in [0.25, 0.3) is 0 Å². The molecule has 0 aliphatic carbocycles. The molecule has 5 nitrogen and oxygen atoms in total. The third-order valence-electron chi connectivity index (χ3n) is 4.23. The third-order valence-corrected chi connectivity index (χ3v) is 5.80.